The molecule has 3 nitrogen and oxygen atoms in total. The Hall–Kier alpha value is -1.35. The molecule has 0 radical (unpaired) electrons. The maximum absolute atomic E-state index is 12.4. The van der Waals surface area contributed by atoms with Gasteiger partial charge in [-0.15, -0.1) is 0 Å². The average molecular weight is 261 g/mol. The van der Waals surface area contributed by atoms with Gasteiger partial charge in [-0.05, 0) is 25.3 Å². The van der Waals surface area contributed by atoms with Crippen LogP contribution in [0.2, 0.25) is 0 Å². The molecule has 1 aliphatic heterocycles. The predicted octanol–water partition coefficient (Wildman–Crippen LogP) is 3.13. The summed E-state index contributed by atoms with van der Waals surface area (Å²) in [6.07, 6.45) is 2.51. The van der Waals surface area contributed by atoms with Gasteiger partial charge in [0.1, 0.15) is 0 Å². The third-order valence-corrected chi connectivity index (χ3v) is 5.09. The van der Waals surface area contributed by atoms with Crippen LogP contribution in [0.4, 0.5) is 0 Å². The SMILES string of the molecule is CCC(CC)(CC)C1(O)c2ccccc2C(=O)N1C. The highest BCUT2D eigenvalue weighted by Crippen LogP contribution is 2.53. The fourth-order valence-electron chi connectivity index (χ4n) is 3.61. The molecule has 0 aromatic heterocycles. The molecule has 1 heterocycles. The van der Waals surface area contributed by atoms with E-state index < -0.39 is 5.72 Å². The number of carbonyl (C=O) groups excluding carboxylic acids is 1. The van der Waals surface area contributed by atoms with E-state index in [2.05, 4.69) is 20.8 Å². The number of carbonyl (C=O) groups is 1. The first-order chi connectivity index (χ1) is 8.98. The Kier molecular flexibility index (Phi) is 3.43. The van der Waals surface area contributed by atoms with Gasteiger partial charge < -0.3 is 10.0 Å². The second-order valence-corrected chi connectivity index (χ2v) is 5.42. The van der Waals surface area contributed by atoms with Crippen molar-refractivity contribution >= 4 is 5.91 Å². The molecule has 1 atom stereocenters. The van der Waals surface area contributed by atoms with E-state index in [-0.39, 0.29) is 11.3 Å². The Labute approximate surface area is 115 Å². The van der Waals surface area contributed by atoms with Crippen LogP contribution >= 0.6 is 0 Å². The number of hydrogen-bond acceptors (Lipinski definition) is 2. The van der Waals surface area contributed by atoms with Crippen LogP contribution in [0.25, 0.3) is 0 Å². The molecule has 0 saturated heterocycles. The Morgan fingerprint density at radius 1 is 1.16 bits per heavy atom. The Bertz CT molecular complexity index is 485. The largest absolute Gasteiger partial charge is 0.366 e. The fourth-order valence-corrected chi connectivity index (χ4v) is 3.61. The molecular weight excluding hydrogens is 238 g/mol. The van der Waals surface area contributed by atoms with E-state index in [1.165, 1.54) is 4.90 Å². The first-order valence-corrected chi connectivity index (χ1v) is 7.08. The van der Waals surface area contributed by atoms with Gasteiger partial charge in [-0.3, -0.25) is 4.79 Å². The highest BCUT2D eigenvalue weighted by molar-refractivity contribution is 5.99. The quantitative estimate of drug-likeness (QED) is 0.904. The van der Waals surface area contributed by atoms with Gasteiger partial charge in [0, 0.05) is 23.6 Å². The molecule has 1 N–H and O–H groups in total. The lowest BCUT2D eigenvalue weighted by Gasteiger charge is -2.48. The molecule has 19 heavy (non-hydrogen) atoms. The van der Waals surface area contributed by atoms with E-state index >= 15 is 0 Å². The smallest absolute Gasteiger partial charge is 0.256 e. The van der Waals surface area contributed by atoms with Crippen molar-refractivity contribution in [1.82, 2.24) is 4.90 Å². The topological polar surface area (TPSA) is 40.5 Å². The summed E-state index contributed by atoms with van der Waals surface area (Å²) >= 11 is 0. The molecule has 0 aliphatic carbocycles. The van der Waals surface area contributed by atoms with Gasteiger partial charge in [0.05, 0.1) is 0 Å². The average Bonchev–Trinajstić information content (AvgIpc) is 2.65. The van der Waals surface area contributed by atoms with Crippen LogP contribution in [0.3, 0.4) is 0 Å². The molecule has 1 aromatic carbocycles. The number of amides is 1. The number of fused-ring (bicyclic) bond motifs is 1. The lowest BCUT2D eigenvalue weighted by atomic mass is 9.68. The Balaban J connectivity index is 2.69. The maximum Gasteiger partial charge on any atom is 0.256 e. The first-order valence-electron chi connectivity index (χ1n) is 7.08. The van der Waals surface area contributed by atoms with Gasteiger partial charge in [-0.2, -0.15) is 0 Å². The summed E-state index contributed by atoms with van der Waals surface area (Å²) in [5, 5.41) is 11.4. The number of rotatable bonds is 4. The molecule has 104 valence electrons. The third kappa shape index (κ3) is 1.57. The van der Waals surface area contributed by atoms with Gasteiger partial charge in [-0.25, -0.2) is 0 Å². The highest BCUT2D eigenvalue weighted by Gasteiger charge is 2.57. The van der Waals surface area contributed by atoms with Crippen molar-refractivity contribution < 1.29 is 9.90 Å². The third-order valence-electron chi connectivity index (χ3n) is 5.09. The minimum absolute atomic E-state index is 0.0853. The molecule has 2 rings (SSSR count). The van der Waals surface area contributed by atoms with Crippen LogP contribution in [-0.2, 0) is 5.72 Å². The number of nitrogens with zero attached hydrogens (tertiary/aromatic N) is 1. The first kappa shape index (κ1) is 14.1. The number of benzene rings is 1. The summed E-state index contributed by atoms with van der Waals surface area (Å²) in [6.45, 7) is 6.26. The summed E-state index contributed by atoms with van der Waals surface area (Å²) < 4.78 is 0. The van der Waals surface area contributed by atoms with Crippen LogP contribution < -0.4 is 0 Å². The van der Waals surface area contributed by atoms with Crippen LogP contribution in [0.1, 0.15) is 56.0 Å². The summed E-state index contributed by atoms with van der Waals surface area (Å²) in [4.78, 5) is 13.9. The van der Waals surface area contributed by atoms with E-state index in [0.29, 0.717) is 5.56 Å². The summed E-state index contributed by atoms with van der Waals surface area (Å²) in [5.74, 6) is -0.0853. The van der Waals surface area contributed by atoms with Gasteiger partial charge >= 0.3 is 0 Å². The molecule has 0 saturated carbocycles. The van der Waals surface area contributed by atoms with Gasteiger partial charge in [0.15, 0.2) is 5.72 Å². The van der Waals surface area contributed by atoms with Gasteiger partial charge in [0.2, 0.25) is 0 Å². The van der Waals surface area contributed by atoms with E-state index in [1.54, 1.807) is 13.1 Å². The summed E-state index contributed by atoms with van der Waals surface area (Å²) in [7, 11) is 1.71. The molecular formula is C16H23NO2. The van der Waals surface area contributed by atoms with Crippen molar-refractivity contribution in [2.75, 3.05) is 7.05 Å². The van der Waals surface area contributed by atoms with Crippen LogP contribution in [-0.4, -0.2) is 23.0 Å². The zero-order valence-electron chi connectivity index (χ0n) is 12.2. The van der Waals surface area contributed by atoms with Crippen molar-refractivity contribution in [1.29, 1.82) is 0 Å². The molecule has 0 bridgehead atoms. The van der Waals surface area contributed by atoms with Crippen LogP contribution in [0.5, 0.6) is 0 Å². The predicted molar refractivity (Wildman–Crippen MR) is 75.7 cm³/mol. The fraction of sp³-hybridized carbons (Fsp3) is 0.562. The standard InChI is InChI=1S/C16H23NO2/c1-5-15(6-2,7-3)16(19)13-11-9-8-10-12(13)14(18)17(16)4/h8-11,19H,5-7H2,1-4H3. The van der Waals surface area contributed by atoms with Crippen molar-refractivity contribution in [3.8, 4) is 0 Å². The Morgan fingerprint density at radius 3 is 2.21 bits per heavy atom. The van der Waals surface area contributed by atoms with E-state index in [0.717, 1.165) is 24.8 Å². The zero-order valence-corrected chi connectivity index (χ0v) is 12.2. The molecule has 1 unspecified atom stereocenters. The second-order valence-electron chi connectivity index (χ2n) is 5.42. The number of hydrogen-bond donors (Lipinski definition) is 1. The van der Waals surface area contributed by atoms with Crippen molar-refractivity contribution in [2.45, 2.75) is 45.8 Å². The molecule has 3 heteroatoms. The van der Waals surface area contributed by atoms with Gasteiger partial charge in [0.25, 0.3) is 5.91 Å². The molecule has 0 fully saturated rings. The van der Waals surface area contributed by atoms with Crippen molar-refractivity contribution in [2.24, 2.45) is 5.41 Å². The van der Waals surface area contributed by atoms with Gasteiger partial charge in [-0.1, -0.05) is 39.0 Å². The minimum atomic E-state index is -1.20. The number of aliphatic hydroxyl groups is 1. The molecule has 1 aliphatic rings. The lowest BCUT2D eigenvalue weighted by Crippen LogP contribution is -2.53. The summed E-state index contributed by atoms with van der Waals surface area (Å²) in [5.41, 5.74) is -0.108. The molecule has 1 aromatic rings. The normalized spacial score (nSPS) is 22.8. The molecule has 1 amide bonds. The van der Waals surface area contributed by atoms with Crippen molar-refractivity contribution in [3.63, 3.8) is 0 Å². The zero-order chi connectivity index (χ0) is 14.3. The lowest BCUT2D eigenvalue weighted by molar-refractivity contribution is -0.176. The second kappa shape index (κ2) is 4.64. The van der Waals surface area contributed by atoms with E-state index in [4.69, 9.17) is 0 Å². The Morgan fingerprint density at radius 2 is 1.68 bits per heavy atom. The summed E-state index contributed by atoms with van der Waals surface area (Å²) in [6, 6.07) is 7.42. The highest BCUT2D eigenvalue weighted by atomic mass is 16.3. The monoisotopic (exact) mass is 261 g/mol. The van der Waals surface area contributed by atoms with Crippen molar-refractivity contribution in [3.05, 3.63) is 35.4 Å². The van der Waals surface area contributed by atoms with Crippen LogP contribution in [0.15, 0.2) is 24.3 Å². The van der Waals surface area contributed by atoms with E-state index in [1.807, 2.05) is 18.2 Å². The minimum Gasteiger partial charge on any atom is -0.366 e. The maximum atomic E-state index is 12.4. The van der Waals surface area contributed by atoms with E-state index in [9.17, 15) is 9.90 Å². The molecule has 0 spiro atoms. The van der Waals surface area contributed by atoms with Crippen LogP contribution in [0, 0.1) is 5.41 Å².